The van der Waals surface area contributed by atoms with Crippen LogP contribution in [0.4, 0.5) is 0 Å². The van der Waals surface area contributed by atoms with E-state index in [0.717, 1.165) is 30.9 Å². The van der Waals surface area contributed by atoms with Gasteiger partial charge in [0.15, 0.2) is 0 Å². The third-order valence-electron chi connectivity index (χ3n) is 5.13. The molecule has 2 nitrogen and oxygen atoms in total. The molecule has 0 aliphatic heterocycles. The number of methoxy groups -OCH3 is 1. The number of hydrogen-bond donors (Lipinski definition) is 1. The van der Waals surface area contributed by atoms with Gasteiger partial charge in [-0.25, -0.2) is 0 Å². The Labute approximate surface area is 107 Å². The molecule has 3 unspecified atom stereocenters. The molecule has 17 heavy (non-hydrogen) atoms. The van der Waals surface area contributed by atoms with Crippen LogP contribution in [0.25, 0.3) is 0 Å². The van der Waals surface area contributed by atoms with Crippen LogP contribution in [0.5, 0.6) is 0 Å². The van der Waals surface area contributed by atoms with E-state index in [0.29, 0.717) is 5.41 Å². The van der Waals surface area contributed by atoms with E-state index in [1.807, 2.05) is 0 Å². The summed E-state index contributed by atoms with van der Waals surface area (Å²) in [7, 11) is 1.78. The second kappa shape index (κ2) is 5.71. The van der Waals surface area contributed by atoms with Gasteiger partial charge in [0.2, 0.25) is 0 Å². The van der Waals surface area contributed by atoms with Crippen molar-refractivity contribution in [1.82, 2.24) is 5.32 Å². The minimum atomic E-state index is 0.608. The Bertz CT molecular complexity index is 231. The summed E-state index contributed by atoms with van der Waals surface area (Å²) in [4.78, 5) is 0. The molecule has 0 heterocycles. The summed E-state index contributed by atoms with van der Waals surface area (Å²) in [6.07, 6.45) is 7.22. The zero-order valence-electron chi connectivity index (χ0n) is 11.8. The van der Waals surface area contributed by atoms with Crippen LogP contribution in [0, 0.1) is 23.2 Å². The first-order valence-corrected chi connectivity index (χ1v) is 7.41. The van der Waals surface area contributed by atoms with Crippen LogP contribution < -0.4 is 5.32 Å². The molecule has 0 bridgehead atoms. The molecule has 0 aromatic rings. The van der Waals surface area contributed by atoms with Crippen LogP contribution in [0.3, 0.4) is 0 Å². The molecule has 0 aromatic carbocycles. The fraction of sp³-hybridized carbons (Fsp3) is 1.00. The van der Waals surface area contributed by atoms with Crippen LogP contribution in [0.1, 0.15) is 46.0 Å². The third-order valence-corrected chi connectivity index (χ3v) is 5.13. The van der Waals surface area contributed by atoms with Gasteiger partial charge >= 0.3 is 0 Å². The molecule has 0 amide bonds. The largest absolute Gasteiger partial charge is 0.383 e. The number of fused-ring (bicyclic) bond motifs is 1. The molecule has 2 fully saturated rings. The van der Waals surface area contributed by atoms with Crippen LogP contribution in [-0.2, 0) is 4.74 Å². The Kier molecular flexibility index (Phi) is 4.48. The Hall–Kier alpha value is -0.0800. The van der Waals surface area contributed by atoms with Crippen molar-refractivity contribution in [2.45, 2.75) is 46.0 Å². The second-order valence-corrected chi connectivity index (χ2v) is 6.39. The highest BCUT2D eigenvalue weighted by atomic mass is 16.5. The average molecular weight is 239 g/mol. The summed E-state index contributed by atoms with van der Waals surface area (Å²) < 4.78 is 5.11. The van der Waals surface area contributed by atoms with Gasteiger partial charge < -0.3 is 10.1 Å². The van der Waals surface area contributed by atoms with Gasteiger partial charge in [0.05, 0.1) is 6.61 Å². The van der Waals surface area contributed by atoms with Crippen LogP contribution in [0.2, 0.25) is 0 Å². The number of nitrogens with one attached hydrogen (secondary N) is 1. The first-order chi connectivity index (χ1) is 8.22. The summed E-state index contributed by atoms with van der Waals surface area (Å²) in [6.45, 7) is 7.85. The summed E-state index contributed by atoms with van der Waals surface area (Å²) in [5.41, 5.74) is 0.608. The summed E-state index contributed by atoms with van der Waals surface area (Å²) >= 11 is 0. The highest BCUT2D eigenvalue weighted by molar-refractivity contribution is 5.05. The Morgan fingerprint density at radius 3 is 2.65 bits per heavy atom. The van der Waals surface area contributed by atoms with Gasteiger partial charge in [0, 0.05) is 20.2 Å². The lowest BCUT2D eigenvalue weighted by Gasteiger charge is -2.37. The number of ether oxygens (including phenoxy) is 1. The molecule has 2 aliphatic rings. The maximum atomic E-state index is 5.11. The lowest BCUT2D eigenvalue weighted by molar-refractivity contribution is 0.135. The van der Waals surface area contributed by atoms with Crippen molar-refractivity contribution in [3.8, 4) is 0 Å². The fourth-order valence-corrected chi connectivity index (χ4v) is 3.91. The predicted octanol–water partition coefficient (Wildman–Crippen LogP) is 3.07. The number of rotatable bonds is 8. The Morgan fingerprint density at radius 2 is 2.06 bits per heavy atom. The molecule has 100 valence electrons. The van der Waals surface area contributed by atoms with Crippen molar-refractivity contribution in [2.75, 3.05) is 26.8 Å². The van der Waals surface area contributed by atoms with Gasteiger partial charge in [-0.2, -0.15) is 0 Å². The molecule has 2 rings (SSSR count). The van der Waals surface area contributed by atoms with Gasteiger partial charge in [-0.1, -0.05) is 26.7 Å². The van der Waals surface area contributed by atoms with Crippen molar-refractivity contribution < 1.29 is 4.74 Å². The van der Waals surface area contributed by atoms with Gasteiger partial charge in [-0.05, 0) is 42.4 Å². The molecule has 0 spiro atoms. The van der Waals surface area contributed by atoms with E-state index in [1.165, 1.54) is 38.6 Å². The predicted molar refractivity (Wildman–Crippen MR) is 72.1 cm³/mol. The van der Waals surface area contributed by atoms with Gasteiger partial charge in [-0.3, -0.25) is 0 Å². The van der Waals surface area contributed by atoms with E-state index >= 15 is 0 Å². The summed E-state index contributed by atoms with van der Waals surface area (Å²) in [5, 5.41) is 3.62. The molecule has 0 aromatic heterocycles. The highest BCUT2D eigenvalue weighted by Crippen LogP contribution is 2.62. The van der Waals surface area contributed by atoms with Crippen LogP contribution in [0.15, 0.2) is 0 Å². The molecule has 2 aliphatic carbocycles. The SMILES string of the molecule is CCCC(C)C1(CNCCOC)CC2CC2C1. The maximum Gasteiger partial charge on any atom is 0.0587 e. The molecular weight excluding hydrogens is 210 g/mol. The van der Waals surface area contributed by atoms with E-state index in [9.17, 15) is 0 Å². The molecule has 0 saturated heterocycles. The lowest BCUT2D eigenvalue weighted by atomic mass is 9.71. The molecule has 3 atom stereocenters. The van der Waals surface area contributed by atoms with Crippen LogP contribution in [-0.4, -0.2) is 26.8 Å². The van der Waals surface area contributed by atoms with Crippen molar-refractivity contribution in [1.29, 1.82) is 0 Å². The molecule has 2 saturated carbocycles. The topological polar surface area (TPSA) is 21.3 Å². The maximum absolute atomic E-state index is 5.11. The van der Waals surface area contributed by atoms with E-state index in [2.05, 4.69) is 19.2 Å². The molecule has 1 N–H and O–H groups in total. The third kappa shape index (κ3) is 3.03. The van der Waals surface area contributed by atoms with Gasteiger partial charge in [0.1, 0.15) is 0 Å². The van der Waals surface area contributed by atoms with Crippen molar-refractivity contribution in [3.05, 3.63) is 0 Å². The molecule has 0 radical (unpaired) electrons. The van der Waals surface area contributed by atoms with Crippen molar-refractivity contribution in [2.24, 2.45) is 23.2 Å². The zero-order valence-corrected chi connectivity index (χ0v) is 11.8. The van der Waals surface area contributed by atoms with E-state index in [1.54, 1.807) is 7.11 Å². The number of hydrogen-bond acceptors (Lipinski definition) is 2. The van der Waals surface area contributed by atoms with E-state index in [-0.39, 0.29) is 0 Å². The summed E-state index contributed by atoms with van der Waals surface area (Å²) in [6, 6.07) is 0. The van der Waals surface area contributed by atoms with Gasteiger partial charge in [0.25, 0.3) is 0 Å². The average Bonchev–Trinajstić information content (AvgIpc) is 2.93. The van der Waals surface area contributed by atoms with E-state index in [4.69, 9.17) is 4.74 Å². The van der Waals surface area contributed by atoms with E-state index < -0.39 is 0 Å². The van der Waals surface area contributed by atoms with Crippen molar-refractivity contribution >= 4 is 0 Å². The second-order valence-electron chi connectivity index (χ2n) is 6.39. The highest BCUT2D eigenvalue weighted by Gasteiger charge is 2.54. The zero-order chi connectivity index (χ0) is 12.3. The standard InChI is InChI=1S/C15H29NO/c1-4-5-12(2)15(11-16-6-7-17-3)9-13-8-14(13)10-15/h12-14,16H,4-11H2,1-3H3. The summed E-state index contributed by atoms with van der Waals surface area (Å²) in [5.74, 6) is 3.05. The smallest absolute Gasteiger partial charge is 0.0587 e. The van der Waals surface area contributed by atoms with Crippen molar-refractivity contribution in [3.63, 3.8) is 0 Å². The first kappa shape index (κ1) is 13.4. The monoisotopic (exact) mass is 239 g/mol. The minimum absolute atomic E-state index is 0.608. The quantitative estimate of drug-likeness (QED) is 0.657. The van der Waals surface area contributed by atoms with Crippen LogP contribution >= 0.6 is 0 Å². The molecular formula is C15H29NO. The van der Waals surface area contributed by atoms with Gasteiger partial charge in [-0.15, -0.1) is 0 Å². The molecule has 2 heteroatoms. The normalized spacial score (nSPS) is 36.9. The minimum Gasteiger partial charge on any atom is -0.383 e. The lowest BCUT2D eigenvalue weighted by Crippen LogP contribution is -2.39. The first-order valence-electron chi connectivity index (χ1n) is 7.41. The Balaban J connectivity index is 1.84. The fourth-order valence-electron chi connectivity index (χ4n) is 3.91. The Morgan fingerprint density at radius 1 is 1.35 bits per heavy atom.